The third kappa shape index (κ3) is 6.14. The number of hydrogen-bond acceptors (Lipinski definition) is 6. The maximum Gasteiger partial charge on any atom is 0.269 e. The number of carbonyl (C=O) groups is 1. The molecule has 2 heterocycles. The van der Waals surface area contributed by atoms with Crippen LogP contribution in [0.5, 0.6) is 0 Å². The maximum atomic E-state index is 12.6. The van der Waals surface area contributed by atoms with Gasteiger partial charge in [-0.1, -0.05) is 24.3 Å². The van der Waals surface area contributed by atoms with Gasteiger partial charge in [-0.25, -0.2) is 0 Å². The zero-order chi connectivity index (χ0) is 23.0. The highest BCUT2D eigenvalue weighted by Gasteiger charge is 2.20. The quantitative estimate of drug-likeness (QED) is 0.421. The van der Waals surface area contributed by atoms with Crippen molar-refractivity contribution in [2.75, 3.05) is 42.9 Å². The average Bonchev–Trinajstić information content (AvgIpc) is 2.84. The van der Waals surface area contributed by atoms with Crippen LogP contribution in [0, 0.1) is 10.1 Å². The lowest BCUT2D eigenvalue weighted by atomic mass is 10.1. The summed E-state index contributed by atoms with van der Waals surface area (Å²) in [7, 11) is 0. The number of piperazine rings is 1. The molecule has 170 valence electrons. The summed E-state index contributed by atoms with van der Waals surface area (Å²) in [5.74, 6) is -0.146. The van der Waals surface area contributed by atoms with Crippen molar-refractivity contribution in [3.63, 3.8) is 0 Å². The minimum atomic E-state index is -0.445. The molecule has 1 aliphatic rings. The molecule has 1 amide bonds. The van der Waals surface area contributed by atoms with Crippen LogP contribution in [0.4, 0.5) is 17.1 Å². The van der Waals surface area contributed by atoms with E-state index in [1.54, 1.807) is 12.1 Å². The van der Waals surface area contributed by atoms with Crippen molar-refractivity contribution in [3.05, 3.63) is 94.3 Å². The largest absolute Gasteiger partial charge is 0.367 e. The van der Waals surface area contributed by atoms with E-state index in [9.17, 15) is 14.9 Å². The molecule has 3 aromatic rings. The second-order valence-electron chi connectivity index (χ2n) is 8.10. The van der Waals surface area contributed by atoms with E-state index in [1.165, 1.54) is 17.7 Å². The maximum absolute atomic E-state index is 12.6. The monoisotopic (exact) mass is 445 g/mol. The number of benzene rings is 2. The lowest BCUT2D eigenvalue weighted by Gasteiger charge is -2.37. The molecule has 0 unspecified atom stereocenters. The number of para-hydroxylation sites is 2. The third-order valence-corrected chi connectivity index (χ3v) is 5.87. The van der Waals surface area contributed by atoms with Gasteiger partial charge in [-0.05, 0) is 41.8 Å². The number of hydrogen-bond donors (Lipinski definition) is 1. The zero-order valence-corrected chi connectivity index (χ0v) is 18.4. The van der Waals surface area contributed by atoms with E-state index < -0.39 is 4.92 Å². The fraction of sp³-hybridized carbons (Fsp3) is 0.280. The molecule has 8 nitrogen and oxygen atoms in total. The van der Waals surface area contributed by atoms with Crippen LogP contribution in [0.15, 0.2) is 73.1 Å². The zero-order valence-electron chi connectivity index (χ0n) is 18.4. The molecule has 1 aromatic heterocycles. The first-order valence-electron chi connectivity index (χ1n) is 11.1. The van der Waals surface area contributed by atoms with Gasteiger partial charge in [0.05, 0.1) is 22.7 Å². The first kappa shape index (κ1) is 22.4. The van der Waals surface area contributed by atoms with Gasteiger partial charge in [0.25, 0.3) is 5.69 Å². The first-order valence-corrected chi connectivity index (χ1v) is 11.1. The number of pyridine rings is 1. The summed E-state index contributed by atoms with van der Waals surface area (Å²) in [5.41, 5.74) is 3.86. The number of rotatable bonds is 8. The summed E-state index contributed by atoms with van der Waals surface area (Å²) < 4.78 is 0. The number of non-ortho nitro benzene ring substituents is 1. The van der Waals surface area contributed by atoms with E-state index in [-0.39, 0.29) is 18.0 Å². The number of aromatic nitrogens is 1. The Labute approximate surface area is 193 Å². The van der Waals surface area contributed by atoms with E-state index in [1.807, 2.05) is 36.7 Å². The molecule has 0 bridgehead atoms. The number of anilines is 2. The standard InChI is InChI=1S/C25H27N5O3/c31-25(19-21-5-7-22(8-6-21)30(32)33)27-23-3-1-2-4-24(23)29-17-15-28(16-18-29)14-11-20-9-12-26-13-10-20/h1-10,12-13H,11,14-19H2,(H,27,31). The van der Waals surface area contributed by atoms with Gasteiger partial charge in [-0.2, -0.15) is 0 Å². The fourth-order valence-corrected chi connectivity index (χ4v) is 4.02. The van der Waals surface area contributed by atoms with Gasteiger partial charge in [-0.3, -0.25) is 24.8 Å². The molecular weight excluding hydrogens is 418 g/mol. The Bertz CT molecular complexity index is 1080. The summed E-state index contributed by atoms with van der Waals surface area (Å²) >= 11 is 0. The molecule has 8 heteroatoms. The normalized spacial score (nSPS) is 14.1. The van der Waals surface area contributed by atoms with E-state index in [0.717, 1.165) is 56.1 Å². The molecule has 0 atom stereocenters. The van der Waals surface area contributed by atoms with Gasteiger partial charge < -0.3 is 10.2 Å². The van der Waals surface area contributed by atoms with Gasteiger partial charge in [0, 0.05) is 57.3 Å². The molecule has 33 heavy (non-hydrogen) atoms. The van der Waals surface area contributed by atoms with Crippen molar-refractivity contribution in [2.24, 2.45) is 0 Å². The second-order valence-corrected chi connectivity index (χ2v) is 8.10. The van der Waals surface area contributed by atoms with Crippen LogP contribution in [0.1, 0.15) is 11.1 Å². The predicted molar refractivity (Wildman–Crippen MR) is 128 cm³/mol. The van der Waals surface area contributed by atoms with E-state index in [2.05, 4.69) is 32.2 Å². The topological polar surface area (TPSA) is 91.6 Å². The molecule has 0 saturated carbocycles. The molecule has 0 aliphatic carbocycles. The minimum Gasteiger partial charge on any atom is -0.367 e. The van der Waals surface area contributed by atoms with E-state index in [0.29, 0.717) is 0 Å². The number of nitrogens with one attached hydrogen (secondary N) is 1. The molecule has 1 fully saturated rings. The third-order valence-electron chi connectivity index (χ3n) is 5.87. The number of amides is 1. The molecule has 1 aliphatic heterocycles. The Morgan fingerprint density at radius 2 is 1.64 bits per heavy atom. The Hall–Kier alpha value is -3.78. The van der Waals surface area contributed by atoms with E-state index >= 15 is 0 Å². The number of nitrogens with zero attached hydrogens (tertiary/aromatic N) is 4. The molecule has 1 N–H and O–H groups in total. The molecule has 0 spiro atoms. The van der Waals surface area contributed by atoms with Gasteiger partial charge >= 0.3 is 0 Å². The Morgan fingerprint density at radius 1 is 0.939 bits per heavy atom. The number of nitro benzene ring substituents is 1. The molecule has 1 saturated heterocycles. The highest BCUT2D eigenvalue weighted by molar-refractivity contribution is 5.95. The van der Waals surface area contributed by atoms with Gasteiger partial charge in [-0.15, -0.1) is 0 Å². The number of nitro groups is 1. The molecular formula is C25H27N5O3. The minimum absolute atomic E-state index is 0.0180. The van der Waals surface area contributed by atoms with E-state index in [4.69, 9.17) is 0 Å². The van der Waals surface area contributed by atoms with Gasteiger partial charge in [0.2, 0.25) is 5.91 Å². The average molecular weight is 446 g/mol. The van der Waals surface area contributed by atoms with Crippen LogP contribution in [0.25, 0.3) is 0 Å². The van der Waals surface area contributed by atoms with Crippen molar-refractivity contribution < 1.29 is 9.72 Å². The second kappa shape index (κ2) is 10.7. The Kier molecular flexibility index (Phi) is 7.26. The van der Waals surface area contributed by atoms with Crippen molar-refractivity contribution in [3.8, 4) is 0 Å². The lowest BCUT2D eigenvalue weighted by Crippen LogP contribution is -2.47. The highest BCUT2D eigenvalue weighted by Crippen LogP contribution is 2.27. The van der Waals surface area contributed by atoms with Crippen LogP contribution in [-0.2, 0) is 17.6 Å². The van der Waals surface area contributed by atoms with Crippen molar-refractivity contribution in [1.29, 1.82) is 0 Å². The Morgan fingerprint density at radius 3 is 2.33 bits per heavy atom. The summed E-state index contributed by atoms with van der Waals surface area (Å²) in [6, 6.07) is 18.1. The van der Waals surface area contributed by atoms with Gasteiger partial charge in [0.1, 0.15) is 0 Å². The predicted octanol–water partition coefficient (Wildman–Crippen LogP) is 3.54. The summed E-state index contributed by atoms with van der Waals surface area (Å²) in [5, 5.41) is 13.8. The first-order chi connectivity index (χ1) is 16.1. The molecule has 2 aromatic carbocycles. The van der Waals surface area contributed by atoms with Crippen LogP contribution in [0.2, 0.25) is 0 Å². The summed E-state index contributed by atoms with van der Waals surface area (Å²) in [4.78, 5) is 31.8. The SMILES string of the molecule is O=C(Cc1ccc([N+](=O)[O-])cc1)Nc1ccccc1N1CCN(CCc2ccncc2)CC1. The van der Waals surface area contributed by atoms with Crippen molar-refractivity contribution in [1.82, 2.24) is 9.88 Å². The van der Waals surface area contributed by atoms with Crippen molar-refractivity contribution in [2.45, 2.75) is 12.8 Å². The van der Waals surface area contributed by atoms with Crippen LogP contribution >= 0.6 is 0 Å². The summed E-state index contributed by atoms with van der Waals surface area (Å²) in [6.07, 6.45) is 4.84. The highest BCUT2D eigenvalue weighted by atomic mass is 16.6. The smallest absolute Gasteiger partial charge is 0.269 e. The van der Waals surface area contributed by atoms with Gasteiger partial charge in [0.15, 0.2) is 0 Å². The lowest BCUT2D eigenvalue weighted by molar-refractivity contribution is -0.384. The Balaban J connectivity index is 1.32. The van der Waals surface area contributed by atoms with Crippen molar-refractivity contribution >= 4 is 23.0 Å². The number of carbonyl (C=O) groups excluding carboxylic acids is 1. The fourth-order valence-electron chi connectivity index (χ4n) is 4.02. The van der Waals surface area contributed by atoms with Crippen LogP contribution in [0.3, 0.4) is 0 Å². The molecule has 4 rings (SSSR count). The van der Waals surface area contributed by atoms with Crippen LogP contribution < -0.4 is 10.2 Å². The summed E-state index contributed by atoms with van der Waals surface area (Å²) in [6.45, 7) is 4.74. The van der Waals surface area contributed by atoms with Crippen LogP contribution in [-0.4, -0.2) is 53.4 Å². The molecule has 0 radical (unpaired) electrons.